The lowest BCUT2D eigenvalue weighted by Crippen LogP contribution is -2.36. The number of pyridine rings is 1. The Morgan fingerprint density at radius 1 is 1.20 bits per heavy atom. The summed E-state index contributed by atoms with van der Waals surface area (Å²) in [5.74, 6) is -0.337. The van der Waals surface area contributed by atoms with Crippen molar-refractivity contribution < 1.29 is 19.1 Å². The van der Waals surface area contributed by atoms with Crippen LogP contribution in [-0.2, 0) is 33.8 Å². The van der Waals surface area contributed by atoms with Crippen molar-refractivity contribution in [2.75, 3.05) is 25.1 Å². The predicted octanol–water partition coefficient (Wildman–Crippen LogP) is 4.38. The highest BCUT2D eigenvalue weighted by atomic mass is 32.1. The Kier molecular flexibility index (Phi) is 8.22. The molecule has 0 unspecified atom stereocenters. The summed E-state index contributed by atoms with van der Waals surface area (Å²) in [4.78, 5) is 31.4. The first-order valence-corrected chi connectivity index (χ1v) is 11.9. The van der Waals surface area contributed by atoms with E-state index in [1.165, 1.54) is 17.4 Å². The van der Waals surface area contributed by atoms with Gasteiger partial charge in [0.05, 0.1) is 25.3 Å². The number of fused-ring (bicyclic) bond motifs is 1. The largest absolute Gasteiger partial charge is 0.447 e. The number of hydrogen-bond donors (Lipinski definition) is 1. The summed E-state index contributed by atoms with van der Waals surface area (Å²) in [6, 6.07) is 15.6. The van der Waals surface area contributed by atoms with E-state index < -0.39 is 6.09 Å². The van der Waals surface area contributed by atoms with Gasteiger partial charge in [0.1, 0.15) is 17.7 Å². The number of benzene rings is 1. The molecule has 0 spiro atoms. The molecule has 2 amide bonds. The zero-order chi connectivity index (χ0) is 24.5. The standard InChI is InChI=1S/C26H24N4O4S/c27-15-22-21-10-12-30(26(32)34-14-13-33-18-20-5-2-1-3-6-20)17-23(21)35-25(22)29-24(31)9-8-19-7-4-11-28-16-19/h1-9,11,16H,10,12-14,17-18H2,(H,29,31)/b9-8+. The number of hydrogen-bond acceptors (Lipinski definition) is 7. The smallest absolute Gasteiger partial charge is 0.410 e. The molecule has 9 heteroatoms. The Bertz CT molecular complexity index is 1240. The Balaban J connectivity index is 1.29. The summed E-state index contributed by atoms with van der Waals surface area (Å²) in [6.45, 7) is 1.70. The summed E-state index contributed by atoms with van der Waals surface area (Å²) in [5.41, 5.74) is 3.19. The van der Waals surface area contributed by atoms with Crippen molar-refractivity contribution in [2.45, 2.75) is 19.6 Å². The van der Waals surface area contributed by atoms with Gasteiger partial charge >= 0.3 is 6.09 Å². The fraction of sp³-hybridized carbons (Fsp3) is 0.231. The third-order valence-electron chi connectivity index (χ3n) is 5.34. The summed E-state index contributed by atoms with van der Waals surface area (Å²) in [5, 5.41) is 13.0. The molecule has 0 saturated heterocycles. The van der Waals surface area contributed by atoms with Gasteiger partial charge in [-0.25, -0.2) is 4.79 Å². The van der Waals surface area contributed by atoms with Crippen LogP contribution in [0.15, 0.2) is 60.9 Å². The van der Waals surface area contributed by atoms with Gasteiger partial charge in [-0.05, 0) is 35.3 Å². The van der Waals surface area contributed by atoms with Crippen molar-refractivity contribution in [3.8, 4) is 6.07 Å². The van der Waals surface area contributed by atoms with Crippen molar-refractivity contribution in [1.82, 2.24) is 9.88 Å². The molecule has 0 bridgehead atoms. The van der Waals surface area contributed by atoms with E-state index in [0.29, 0.717) is 43.3 Å². The first kappa shape index (κ1) is 24.1. The lowest BCUT2D eigenvalue weighted by atomic mass is 10.0. The quantitative estimate of drug-likeness (QED) is 0.373. The van der Waals surface area contributed by atoms with Gasteiger partial charge in [-0.2, -0.15) is 5.26 Å². The molecule has 0 fully saturated rings. The number of carbonyl (C=O) groups excluding carboxylic acids is 2. The molecule has 178 valence electrons. The molecule has 2 aromatic heterocycles. The van der Waals surface area contributed by atoms with Gasteiger partial charge < -0.3 is 19.7 Å². The van der Waals surface area contributed by atoms with E-state index in [4.69, 9.17) is 9.47 Å². The van der Waals surface area contributed by atoms with Crippen LogP contribution < -0.4 is 5.32 Å². The van der Waals surface area contributed by atoms with Crippen molar-refractivity contribution >= 4 is 34.4 Å². The summed E-state index contributed by atoms with van der Waals surface area (Å²) in [7, 11) is 0. The molecule has 4 rings (SSSR count). The molecule has 3 heterocycles. The fourth-order valence-corrected chi connectivity index (χ4v) is 4.83. The van der Waals surface area contributed by atoms with E-state index >= 15 is 0 Å². The highest BCUT2D eigenvalue weighted by molar-refractivity contribution is 7.16. The number of anilines is 1. The van der Waals surface area contributed by atoms with Crippen molar-refractivity contribution in [1.29, 1.82) is 5.26 Å². The SMILES string of the molecule is N#Cc1c(NC(=O)/C=C/c2cccnc2)sc2c1CCN(C(=O)OCCOCc1ccccc1)C2. The maximum absolute atomic E-state index is 12.5. The number of nitrogens with one attached hydrogen (secondary N) is 1. The second-order valence-electron chi connectivity index (χ2n) is 7.75. The molecule has 1 N–H and O–H groups in total. The van der Waals surface area contributed by atoms with Crippen molar-refractivity contribution in [3.05, 3.63) is 88.1 Å². The third kappa shape index (κ3) is 6.53. The van der Waals surface area contributed by atoms with Crippen LogP contribution >= 0.6 is 11.3 Å². The normalized spacial score (nSPS) is 12.7. The topological polar surface area (TPSA) is 105 Å². The van der Waals surface area contributed by atoms with E-state index in [0.717, 1.165) is 21.6 Å². The molecule has 1 aliphatic heterocycles. The molecule has 1 aliphatic rings. The summed E-state index contributed by atoms with van der Waals surface area (Å²) in [6.07, 6.45) is 6.47. The minimum atomic E-state index is -0.421. The van der Waals surface area contributed by atoms with Crippen LogP contribution in [-0.4, -0.2) is 41.6 Å². The van der Waals surface area contributed by atoms with Crippen LogP contribution in [0.3, 0.4) is 0 Å². The molecular weight excluding hydrogens is 464 g/mol. The molecule has 0 saturated carbocycles. The van der Waals surface area contributed by atoms with Crippen LogP contribution in [0.2, 0.25) is 0 Å². The number of nitriles is 1. The molecule has 1 aromatic carbocycles. The average molecular weight is 489 g/mol. The highest BCUT2D eigenvalue weighted by Crippen LogP contribution is 2.36. The van der Waals surface area contributed by atoms with Crippen molar-refractivity contribution in [2.24, 2.45) is 0 Å². The molecule has 3 aromatic rings. The maximum Gasteiger partial charge on any atom is 0.410 e. The number of thiophene rings is 1. The summed E-state index contributed by atoms with van der Waals surface area (Å²) < 4.78 is 10.9. The molecule has 0 aliphatic carbocycles. The lowest BCUT2D eigenvalue weighted by Gasteiger charge is -2.26. The number of aromatic nitrogens is 1. The van der Waals surface area contributed by atoms with Gasteiger partial charge in [-0.3, -0.25) is 9.78 Å². The van der Waals surface area contributed by atoms with Crippen LogP contribution in [0.5, 0.6) is 0 Å². The minimum Gasteiger partial charge on any atom is -0.447 e. The van der Waals surface area contributed by atoms with Crippen molar-refractivity contribution in [3.63, 3.8) is 0 Å². The van der Waals surface area contributed by atoms with E-state index in [9.17, 15) is 14.9 Å². The number of nitrogens with zero attached hydrogens (tertiary/aromatic N) is 3. The van der Waals surface area contributed by atoms with Gasteiger partial charge in [-0.1, -0.05) is 36.4 Å². The third-order valence-corrected chi connectivity index (χ3v) is 6.47. The Morgan fingerprint density at radius 2 is 2.06 bits per heavy atom. The van der Waals surface area contributed by atoms with Crippen LogP contribution in [0.25, 0.3) is 6.08 Å². The molecule has 0 atom stereocenters. The van der Waals surface area contributed by atoms with Crippen LogP contribution in [0, 0.1) is 11.3 Å². The Labute approximate surface area is 207 Å². The van der Waals surface area contributed by atoms with Crippen LogP contribution in [0.4, 0.5) is 9.80 Å². The average Bonchev–Trinajstić information content (AvgIpc) is 3.24. The Morgan fingerprint density at radius 3 is 2.83 bits per heavy atom. The minimum absolute atomic E-state index is 0.160. The molecule has 8 nitrogen and oxygen atoms in total. The van der Waals surface area contributed by atoms with E-state index in [2.05, 4.69) is 16.4 Å². The monoisotopic (exact) mass is 488 g/mol. The second-order valence-corrected chi connectivity index (χ2v) is 8.86. The lowest BCUT2D eigenvalue weighted by molar-refractivity contribution is -0.111. The van der Waals surface area contributed by atoms with Gasteiger partial charge in [0.25, 0.3) is 0 Å². The van der Waals surface area contributed by atoms with Gasteiger partial charge in [0.2, 0.25) is 5.91 Å². The molecular formula is C26H24N4O4S. The van der Waals surface area contributed by atoms with E-state index in [-0.39, 0.29) is 12.5 Å². The Hall–Kier alpha value is -4.00. The van der Waals surface area contributed by atoms with Gasteiger partial charge in [-0.15, -0.1) is 11.3 Å². The first-order chi connectivity index (χ1) is 17.1. The molecule has 0 radical (unpaired) electrons. The molecule has 35 heavy (non-hydrogen) atoms. The number of amides is 2. The maximum atomic E-state index is 12.5. The number of carbonyl (C=O) groups is 2. The zero-order valence-electron chi connectivity index (χ0n) is 19.0. The second kappa shape index (κ2) is 11.9. The zero-order valence-corrected chi connectivity index (χ0v) is 19.8. The predicted molar refractivity (Wildman–Crippen MR) is 132 cm³/mol. The first-order valence-electron chi connectivity index (χ1n) is 11.1. The highest BCUT2D eigenvalue weighted by Gasteiger charge is 2.28. The number of rotatable bonds is 8. The fourth-order valence-electron chi connectivity index (χ4n) is 3.61. The van der Waals surface area contributed by atoms with Gasteiger partial charge in [0, 0.05) is 29.9 Å². The van der Waals surface area contributed by atoms with Crippen LogP contribution in [0.1, 0.15) is 27.1 Å². The van der Waals surface area contributed by atoms with E-state index in [1.807, 2.05) is 36.4 Å². The van der Waals surface area contributed by atoms with E-state index in [1.54, 1.807) is 29.4 Å². The van der Waals surface area contributed by atoms with Gasteiger partial charge in [0.15, 0.2) is 0 Å². The number of ether oxygens (including phenoxy) is 2. The summed E-state index contributed by atoms with van der Waals surface area (Å²) >= 11 is 1.31.